The second kappa shape index (κ2) is 5.40. The number of anilines is 1. The second-order valence-electron chi connectivity index (χ2n) is 5.72. The van der Waals surface area contributed by atoms with Gasteiger partial charge >= 0.3 is 0 Å². The van der Waals surface area contributed by atoms with Crippen LogP contribution in [0.25, 0.3) is 11.1 Å². The number of nitrogens with one attached hydrogen (secondary N) is 1. The van der Waals surface area contributed by atoms with E-state index in [9.17, 15) is 4.39 Å². The van der Waals surface area contributed by atoms with Crippen molar-refractivity contribution in [1.82, 2.24) is 10.3 Å². The molecule has 1 aromatic carbocycles. The van der Waals surface area contributed by atoms with Crippen LogP contribution in [0, 0.1) is 11.7 Å². The molecule has 0 unspecified atom stereocenters. The Labute approximate surface area is 118 Å². The quantitative estimate of drug-likeness (QED) is 0.936. The molecule has 1 aliphatic rings. The summed E-state index contributed by atoms with van der Waals surface area (Å²) < 4.78 is 19.7. The zero-order valence-corrected chi connectivity index (χ0v) is 11.9. The molecule has 0 aliphatic carbocycles. The SMILES string of the molecule is CC(C)Cc1nc2cc(N3CCNCC3)cc(F)c2o1. The summed E-state index contributed by atoms with van der Waals surface area (Å²) in [6, 6.07) is 3.48. The molecule has 2 aromatic rings. The van der Waals surface area contributed by atoms with Gasteiger partial charge in [-0.15, -0.1) is 0 Å². The molecule has 0 amide bonds. The highest BCUT2D eigenvalue weighted by molar-refractivity contribution is 5.78. The average Bonchev–Trinajstić information content (AvgIpc) is 2.82. The second-order valence-corrected chi connectivity index (χ2v) is 5.72. The van der Waals surface area contributed by atoms with Crippen molar-refractivity contribution in [2.45, 2.75) is 20.3 Å². The predicted octanol–water partition coefficient (Wildman–Crippen LogP) is 2.58. The summed E-state index contributed by atoms with van der Waals surface area (Å²) in [4.78, 5) is 6.60. The molecule has 0 bridgehead atoms. The number of oxazole rings is 1. The van der Waals surface area contributed by atoms with Gasteiger partial charge in [-0.1, -0.05) is 13.8 Å². The van der Waals surface area contributed by atoms with E-state index in [4.69, 9.17) is 4.42 Å². The monoisotopic (exact) mass is 277 g/mol. The van der Waals surface area contributed by atoms with E-state index in [-0.39, 0.29) is 11.4 Å². The number of fused-ring (bicyclic) bond motifs is 1. The number of halogens is 1. The van der Waals surface area contributed by atoms with E-state index < -0.39 is 0 Å². The molecule has 0 saturated carbocycles. The molecule has 0 atom stereocenters. The Balaban J connectivity index is 1.95. The van der Waals surface area contributed by atoms with Gasteiger partial charge in [0.2, 0.25) is 0 Å². The number of hydrogen-bond acceptors (Lipinski definition) is 4. The molecule has 1 aliphatic heterocycles. The fourth-order valence-corrected chi connectivity index (χ4v) is 2.57. The van der Waals surface area contributed by atoms with E-state index in [1.165, 1.54) is 0 Å². The maximum Gasteiger partial charge on any atom is 0.195 e. The zero-order chi connectivity index (χ0) is 14.1. The zero-order valence-electron chi connectivity index (χ0n) is 11.9. The van der Waals surface area contributed by atoms with Gasteiger partial charge in [0.1, 0.15) is 5.52 Å². The van der Waals surface area contributed by atoms with Gasteiger partial charge in [-0.25, -0.2) is 9.37 Å². The number of rotatable bonds is 3. The van der Waals surface area contributed by atoms with Crippen LogP contribution in [0.3, 0.4) is 0 Å². The highest BCUT2D eigenvalue weighted by Gasteiger charge is 2.17. The Hall–Kier alpha value is -1.62. The average molecular weight is 277 g/mol. The smallest absolute Gasteiger partial charge is 0.195 e. The first-order valence-corrected chi connectivity index (χ1v) is 7.18. The van der Waals surface area contributed by atoms with Gasteiger partial charge < -0.3 is 14.6 Å². The number of benzene rings is 1. The van der Waals surface area contributed by atoms with Crippen molar-refractivity contribution < 1.29 is 8.81 Å². The summed E-state index contributed by atoms with van der Waals surface area (Å²) in [5.41, 5.74) is 1.79. The lowest BCUT2D eigenvalue weighted by atomic mass is 10.1. The number of piperazine rings is 1. The third-order valence-corrected chi connectivity index (χ3v) is 3.54. The molecule has 0 spiro atoms. The first-order valence-electron chi connectivity index (χ1n) is 7.18. The lowest BCUT2D eigenvalue weighted by molar-refractivity contribution is 0.469. The minimum Gasteiger partial charge on any atom is -0.438 e. The summed E-state index contributed by atoms with van der Waals surface area (Å²) in [5, 5.41) is 3.29. The molecule has 0 radical (unpaired) electrons. The minimum atomic E-state index is -0.321. The first kappa shape index (κ1) is 13.4. The highest BCUT2D eigenvalue weighted by Crippen LogP contribution is 2.27. The van der Waals surface area contributed by atoms with Crippen molar-refractivity contribution in [3.8, 4) is 0 Å². The predicted molar refractivity (Wildman–Crippen MR) is 77.6 cm³/mol. The van der Waals surface area contributed by atoms with Crippen LogP contribution in [0.1, 0.15) is 19.7 Å². The molecule has 20 heavy (non-hydrogen) atoms. The third kappa shape index (κ3) is 2.63. The normalized spacial score (nSPS) is 16.3. The van der Waals surface area contributed by atoms with Gasteiger partial charge in [-0.05, 0) is 12.0 Å². The van der Waals surface area contributed by atoms with Gasteiger partial charge in [0, 0.05) is 44.4 Å². The lowest BCUT2D eigenvalue weighted by Gasteiger charge is -2.29. The van der Waals surface area contributed by atoms with Crippen LogP contribution in [0.4, 0.5) is 10.1 Å². The third-order valence-electron chi connectivity index (χ3n) is 3.54. The van der Waals surface area contributed by atoms with Crippen LogP contribution >= 0.6 is 0 Å². The molecule has 5 heteroatoms. The summed E-state index contributed by atoms with van der Waals surface area (Å²) in [6.07, 6.45) is 0.733. The Bertz CT molecular complexity index is 602. The van der Waals surface area contributed by atoms with E-state index in [2.05, 4.69) is 29.0 Å². The Kier molecular flexibility index (Phi) is 3.61. The Morgan fingerprint density at radius 1 is 1.35 bits per heavy atom. The largest absolute Gasteiger partial charge is 0.438 e. The topological polar surface area (TPSA) is 41.3 Å². The fourth-order valence-electron chi connectivity index (χ4n) is 2.57. The van der Waals surface area contributed by atoms with Crippen LogP contribution < -0.4 is 10.2 Å². The van der Waals surface area contributed by atoms with Crippen LogP contribution in [0.2, 0.25) is 0 Å². The van der Waals surface area contributed by atoms with Gasteiger partial charge in [-0.2, -0.15) is 0 Å². The molecule has 1 saturated heterocycles. The Morgan fingerprint density at radius 3 is 2.80 bits per heavy atom. The van der Waals surface area contributed by atoms with Gasteiger partial charge in [0.05, 0.1) is 0 Å². The van der Waals surface area contributed by atoms with E-state index in [1.807, 2.05) is 6.07 Å². The summed E-state index contributed by atoms with van der Waals surface area (Å²) in [6.45, 7) is 7.83. The van der Waals surface area contributed by atoms with E-state index >= 15 is 0 Å². The molecule has 4 nitrogen and oxygen atoms in total. The van der Waals surface area contributed by atoms with Gasteiger partial charge in [0.25, 0.3) is 0 Å². The maximum absolute atomic E-state index is 14.2. The maximum atomic E-state index is 14.2. The van der Waals surface area contributed by atoms with Crippen molar-refractivity contribution >= 4 is 16.8 Å². The minimum absolute atomic E-state index is 0.277. The number of aromatic nitrogens is 1. The summed E-state index contributed by atoms with van der Waals surface area (Å²) >= 11 is 0. The lowest BCUT2D eigenvalue weighted by Crippen LogP contribution is -2.43. The molecule has 1 N–H and O–H groups in total. The van der Waals surface area contributed by atoms with Crippen molar-refractivity contribution in [3.63, 3.8) is 0 Å². The van der Waals surface area contributed by atoms with Crippen molar-refractivity contribution in [2.24, 2.45) is 5.92 Å². The molecule has 1 aromatic heterocycles. The number of nitrogens with zero attached hydrogens (tertiary/aromatic N) is 2. The van der Waals surface area contributed by atoms with Gasteiger partial charge in [-0.3, -0.25) is 0 Å². The van der Waals surface area contributed by atoms with E-state index in [0.29, 0.717) is 17.3 Å². The molecule has 2 heterocycles. The van der Waals surface area contributed by atoms with Crippen LogP contribution in [-0.2, 0) is 6.42 Å². The molecular formula is C15H20FN3O. The first-order chi connectivity index (χ1) is 9.63. The van der Waals surface area contributed by atoms with Crippen molar-refractivity contribution in [1.29, 1.82) is 0 Å². The van der Waals surface area contributed by atoms with Crippen molar-refractivity contribution in [2.75, 3.05) is 31.1 Å². The number of hydrogen-bond donors (Lipinski definition) is 1. The standard InChI is InChI=1S/C15H20FN3O/c1-10(2)7-14-18-13-9-11(8-12(16)15(13)20-14)19-5-3-17-4-6-19/h8-10,17H,3-7H2,1-2H3. The molecule has 3 rings (SSSR count). The highest BCUT2D eigenvalue weighted by atomic mass is 19.1. The summed E-state index contributed by atoms with van der Waals surface area (Å²) in [7, 11) is 0. The molecule has 1 fully saturated rings. The van der Waals surface area contributed by atoms with Gasteiger partial charge in [0.15, 0.2) is 17.3 Å². The van der Waals surface area contributed by atoms with E-state index in [0.717, 1.165) is 38.3 Å². The van der Waals surface area contributed by atoms with E-state index in [1.54, 1.807) is 6.07 Å². The van der Waals surface area contributed by atoms with Crippen molar-refractivity contribution in [3.05, 3.63) is 23.8 Å². The van der Waals surface area contributed by atoms with Crippen LogP contribution in [0.5, 0.6) is 0 Å². The fraction of sp³-hybridized carbons (Fsp3) is 0.533. The summed E-state index contributed by atoms with van der Waals surface area (Å²) in [5.74, 6) is 0.740. The molecule has 108 valence electrons. The van der Waals surface area contributed by atoms with Crippen LogP contribution in [-0.4, -0.2) is 31.2 Å². The Morgan fingerprint density at radius 2 is 2.10 bits per heavy atom. The van der Waals surface area contributed by atoms with Crippen LogP contribution in [0.15, 0.2) is 16.5 Å². The molecular weight excluding hydrogens is 257 g/mol.